The highest BCUT2D eigenvalue weighted by atomic mass is 19.3. The SMILES string of the molecule is O=Cc1cc(OC(F)F)c(C(=O)O)cc1[N+](=O)[O-]. The van der Waals surface area contributed by atoms with Crippen molar-refractivity contribution in [3.8, 4) is 5.75 Å². The van der Waals surface area contributed by atoms with Crippen LogP contribution in [-0.4, -0.2) is 28.9 Å². The molecule has 1 aromatic rings. The minimum Gasteiger partial charge on any atom is -0.478 e. The minimum absolute atomic E-state index is 0.0437. The summed E-state index contributed by atoms with van der Waals surface area (Å²) in [5, 5.41) is 19.3. The number of hydrogen-bond acceptors (Lipinski definition) is 5. The minimum atomic E-state index is -3.32. The third kappa shape index (κ3) is 2.75. The summed E-state index contributed by atoms with van der Waals surface area (Å²) >= 11 is 0. The molecule has 9 heteroatoms. The maximum absolute atomic E-state index is 12.0. The molecule has 0 aliphatic heterocycles. The van der Waals surface area contributed by atoms with Gasteiger partial charge in [0.1, 0.15) is 11.3 Å². The van der Waals surface area contributed by atoms with Crippen LogP contribution in [-0.2, 0) is 0 Å². The Balaban J connectivity index is 3.46. The molecule has 0 aliphatic rings. The highest BCUT2D eigenvalue weighted by molar-refractivity contribution is 5.94. The first-order valence-electron chi connectivity index (χ1n) is 4.32. The van der Waals surface area contributed by atoms with E-state index in [1.165, 1.54) is 0 Å². The Morgan fingerprint density at radius 1 is 1.50 bits per heavy atom. The van der Waals surface area contributed by atoms with E-state index in [4.69, 9.17) is 5.11 Å². The first-order valence-corrected chi connectivity index (χ1v) is 4.32. The maximum Gasteiger partial charge on any atom is 0.387 e. The molecule has 0 bridgehead atoms. The Kier molecular flexibility index (Phi) is 3.87. The summed E-state index contributed by atoms with van der Waals surface area (Å²) < 4.78 is 27.9. The number of carboxylic acids is 1. The zero-order chi connectivity index (χ0) is 13.9. The van der Waals surface area contributed by atoms with E-state index in [1.807, 2.05) is 0 Å². The van der Waals surface area contributed by atoms with Crippen LogP contribution in [0.3, 0.4) is 0 Å². The van der Waals surface area contributed by atoms with Crippen molar-refractivity contribution in [2.24, 2.45) is 0 Å². The lowest BCUT2D eigenvalue weighted by molar-refractivity contribution is -0.385. The second-order valence-electron chi connectivity index (χ2n) is 2.97. The fourth-order valence-corrected chi connectivity index (χ4v) is 1.20. The third-order valence-electron chi connectivity index (χ3n) is 1.90. The second kappa shape index (κ2) is 5.17. The van der Waals surface area contributed by atoms with Crippen LogP contribution >= 0.6 is 0 Å². The monoisotopic (exact) mass is 261 g/mol. The fraction of sp³-hybridized carbons (Fsp3) is 0.111. The highest BCUT2D eigenvalue weighted by Gasteiger charge is 2.23. The number of rotatable bonds is 5. The lowest BCUT2D eigenvalue weighted by Crippen LogP contribution is -2.09. The number of ether oxygens (including phenoxy) is 1. The van der Waals surface area contributed by atoms with Gasteiger partial charge in [-0.2, -0.15) is 8.78 Å². The van der Waals surface area contributed by atoms with Crippen LogP contribution in [0.5, 0.6) is 5.75 Å². The van der Waals surface area contributed by atoms with Gasteiger partial charge in [-0.3, -0.25) is 14.9 Å². The van der Waals surface area contributed by atoms with Crippen LogP contribution in [0.25, 0.3) is 0 Å². The average molecular weight is 261 g/mol. The summed E-state index contributed by atoms with van der Waals surface area (Å²) in [5.74, 6) is -2.50. The Labute approximate surface area is 97.7 Å². The number of aromatic carboxylic acids is 1. The Morgan fingerprint density at radius 2 is 2.11 bits per heavy atom. The quantitative estimate of drug-likeness (QED) is 0.491. The molecule has 0 heterocycles. The van der Waals surface area contributed by atoms with Crippen LogP contribution in [0, 0.1) is 10.1 Å². The summed E-state index contributed by atoms with van der Waals surface area (Å²) in [6.07, 6.45) is 0.0437. The predicted molar refractivity (Wildman–Crippen MR) is 52.1 cm³/mol. The first-order chi connectivity index (χ1) is 8.36. The molecule has 0 atom stereocenters. The Morgan fingerprint density at radius 3 is 2.50 bits per heavy atom. The van der Waals surface area contributed by atoms with E-state index in [1.54, 1.807) is 0 Å². The standard InChI is InChI=1S/C9H5F2NO6/c10-9(11)18-7-1-4(3-13)6(12(16)17)2-5(7)8(14)15/h1-3,9H,(H,14,15). The lowest BCUT2D eigenvalue weighted by Gasteiger charge is -2.08. The number of hydrogen-bond donors (Lipinski definition) is 1. The molecule has 0 aliphatic carbocycles. The number of carbonyl (C=O) groups excluding carboxylic acids is 1. The largest absolute Gasteiger partial charge is 0.478 e. The molecule has 0 saturated heterocycles. The maximum atomic E-state index is 12.0. The summed E-state index contributed by atoms with van der Waals surface area (Å²) in [4.78, 5) is 30.9. The van der Waals surface area contributed by atoms with Gasteiger partial charge in [0, 0.05) is 6.07 Å². The van der Waals surface area contributed by atoms with Gasteiger partial charge in [0.2, 0.25) is 0 Å². The van der Waals surface area contributed by atoms with Crippen molar-refractivity contribution in [1.29, 1.82) is 0 Å². The van der Waals surface area contributed by atoms with E-state index in [-0.39, 0.29) is 6.29 Å². The van der Waals surface area contributed by atoms with Crippen LogP contribution in [0.15, 0.2) is 12.1 Å². The van der Waals surface area contributed by atoms with Crippen molar-refractivity contribution in [3.05, 3.63) is 33.4 Å². The molecule has 7 nitrogen and oxygen atoms in total. The van der Waals surface area contributed by atoms with Gasteiger partial charge >= 0.3 is 12.6 Å². The molecule has 0 radical (unpaired) electrons. The van der Waals surface area contributed by atoms with Crippen LogP contribution in [0.1, 0.15) is 20.7 Å². The summed E-state index contributed by atoms with van der Waals surface area (Å²) in [5.41, 5.74) is -2.18. The summed E-state index contributed by atoms with van der Waals surface area (Å²) in [6, 6.07) is 1.07. The van der Waals surface area contributed by atoms with Gasteiger partial charge in [0.25, 0.3) is 5.69 Å². The number of alkyl halides is 2. The van der Waals surface area contributed by atoms with E-state index >= 15 is 0 Å². The number of carboxylic acid groups (broad SMARTS) is 1. The van der Waals surface area contributed by atoms with Gasteiger partial charge in [-0.1, -0.05) is 0 Å². The van der Waals surface area contributed by atoms with Gasteiger partial charge in [-0.15, -0.1) is 0 Å². The van der Waals surface area contributed by atoms with E-state index in [2.05, 4.69) is 4.74 Å². The number of nitro benzene ring substituents is 1. The van der Waals surface area contributed by atoms with E-state index in [9.17, 15) is 28.5 Å². The Bertz CT molecular complexity index is 516. The fourth-order valence-electron chi connectivity index (χ4n) is 1.20. The summed E-state index contributed by atoms with van der Waals surface area (Å²) in [6.45, 7) is -3.32. The molecule has 1 N–H and O–H groups in total. The van der Waals surface area contributed by atoms with Gasteiger partial charge in [-0.25, -0.2) is 4.79 Å². The summed E-state index contributed by atoms with van der Waals surface area (Å²) in [7, 11) is 0. The number of aldehydes is 1. The number of nitrogens with zero attached hydrogens (tertiary/aromatic N) is 1. The van der Waals surface area contributed by atoms with E-state index in [0.717, 1.165) is 0 Å². The molecule has 18 heavy (non-hydrogen) atoms. The normalized spacial score (nSPS) is 10.2. The first kappa shape index (κ1) is 13.5. The number of benzene rings is 1. The smallest absolute Gasteiger partial charge is 0.387 e. The molecule has 0 aromatic heterocycles. The molecular formula is C9H5F2NO6. The molecule has 0 fully saturated rings. The molecule has 0 saturated carbocycles. The molecular weight excluding hydrogens is 256 g/mol. The number of nitro groups is 1. The number of halogens is 2. The van der Waals surface area contributed by atoms with Gasteiger partial charge in [0.05, 0.1) is 10.5 Å². The van der Waals surface area contributed by atoms with Crippen molar-refractivity contribution in [2.75, 3.05) is 0 Å². The van der Waals surface area contributed by atoms with Gasteiger partial charge in [0.15, 0.2) is 6.29 Å². The van der Waals surface area contributed by atoms with E-state index < -0.39 is 40.1 Å². The molecule has 0 spiro atoms. The van der Waals surface area contributed by atoms with Crippen molar-refractivity contribution in [1.82, 2.24) is 0 Å². The zero-order valence-electron chi connectivity index (χ0n) is 8.50. The van der Waals surface area contributed by atoms with Gasteiger partial charge in [-0.05, 0) is 6.07 Å². The van der Waals surface area contributed by atoms with Crippen LogP contribution in [0.2, 0.25) is 0 Å². The predicted octanol–water partition coefficient (Wildman–Crippen LogP) is 1.71. The van der Waals surface area contributed by atoms with Gasteiger partial charge < -0.3 is 9.84 Å². The highest BCUT2D eigenvalue weighted by Crippen LogP contribution is 2.29. The number of carbonyl (C=O) groups is 2. The average Bonchev–Trinajstić information content (AvgIpc) is 2.26. The molecule has 0 amide bonds. The third-order valence-corrected chi connectivity index (χ3v) is 1.90. The molecule has 0 unspecified atom stereocenters. The van der Waals surface area contributed by atoms with E-state index in [0.29, 0.717) is 12.1 Å². The topological polar surface area (TPSA) is 107 Å². The van der Waals surface area contributed by atoms with Crippen LogP contribution < -0.4 is 4.74 Å². The van der Waals surface area contributed by atoms with Crippen LogP contribution in [0.4, 0.5) is 14.5 Å². The van der Waals surface area contributed by atoms with Crippen molar-refractivity contribution < 1.29 is 33.1 Å². The molecule has 96 valence electrons. The zero-order valence-corrected chi connectivity index (χ0v) is 8.50. The Hall–Kier alpha value is -2.58. The molecule has 1 rings (SSSR count). The van der Waals surface area contributed by atoms with Crippen molar-refractivity contribution >= 4 is 17.9 Å². The lowest BCUT2D eigenvalue weighted by atomic mass is 10.1. The van der Waals surface area contributed by atoms with Crippen molar-refractivity contribution in [3.63, 3.8) is 0 Å². The van der Waals surface area contributed by atoms with Crippen molar-refractivity contribution in [2.45, 2.75) is 6.61 Å². The second-order valence-corrected chi connectivity index (χ2v) is 2.97. The molecule has 1 aromatic carbocycles.